The third kappa shape index (κ3) is 4.85. The van der Waals surface area contributed by atoms with Gasteiger partial charge in [-0.3, -0.25) is 0 Å². The Morgan fingerprint density at radius 3 is 2.25 bits per heavy atom. The molecule has 3 nitrogen and oxygen atoms in total. The molecule has 2 aromatic rings. The lowest BCUT2D eigenvalue weighted by Gasteiger charge is -2.09. The summed E-state index contributed by atoms with van der Waals surface area (Å²) in [5, 5.41) is 19.1. The first-order chi connectivity index (χ1) is 11.6. The standard InChI is InChI=1S/C21H26O3/c1-2-3-4-5-6-7-9-16-12-14-17(15-13-16)18-10-8-11-19(22)20(18)21(23)24/h8,10-15,22H,2-7,9H2,1H3,(H,23,24). The molecule has 2 rings (SSSR count). The molecule has 0 saturated carbocycles. The highest BCUT2D eigenvalue weighted by Gasteiger charge is 2.16. The van der Waals surface area contributed by atoms with Gasteiger partial charge in [-0.2, -0.15) is 0 Å². The summed E-state index contributed by atoms with van der Waals surface area (Å²) in [7, 11) is 0. The number of carboxylic acids is 1. The highest BCUT2D eigenvalue weighted by Crippen LogP contribution is 2.30. The lowest BCUT2D eigenvalue weighted by Crippen LogP contribution is -2.00. The van der Waals surface area contributed by atoms with Crippen LogP contribution in [-0.2, 0) is 6.42 Å². The van der Waals surface area contributed by atoms with Gasteiger partial charge in [-0.25, -0.2) is 4.79 Å². The molecule has 0 aliphatic carbocycles. The van der Waals surface area contributed by atoms with E-state index in [1.165, 1.54) is 50.2 Å². The van der Waals surface area contributed by atoms with Crippen LogP contribution in [-0.4, -0.2) is 16.2 Å². The SMILES string of the molecule is CCCCCCCCc1ccc(-c2cccc(O)c2C(=O)O)cc1. The van der Waals surface area contributed by atoms with E-state index in [1.807, 2.05) is 12.1 Å². The summed E-state index contributed by atoms with van der Waals surface area (Å²) >= 11 is 0. The lowest BCUT2D eigenvalue weighted by molar-refractivity contribution is 0.0694. The number of phenols is 1. The first-order valence-electron chi connectivity index (χ1n) is 8.78. The molecular formula is C21H26O3. The molecule has 128 valence electrons. The van der Waals surface area contributed by atoms with Crippen LogP contribution in [0.25, 0.3) is 11.1 Å². The monoisotopic (exact) mass is 326 g/mol. The van der Waals surface area contributed by atoms with Crippen LogP contribution in [0.5, 0.6) is 5.75 Å². The van der Waals surface area contributed by atoms with Gasteiger partial charge in [-0.1, -0.05) is 75.4 Å². The molecule has 0 aliphatic heterocycles. The molecular weight excluding hydrogens is 300 g/mol. The maximum absolute atomic E-state index is 11.4. The molecule has 0 spiro atoms. The van der Waals surface area contributed by atoms with Gasteiger partial charge < -0.3 is 10.2 Å². The van der Waals surface area contributed by atoms with Crippen molar-refractivity contribution in [1.82, 2.24) is 0 Å². The van der Waals surface area contributed by atoms with Crippen LogP contribution in [0.3, 0.4) is 0 Å². The first-order valence-corrected chi connectivity index (χ1v) is 8.78. The molecule has 0 heterocycles. The molecule has 24 heavy (non-hydrogen) atoms. The summed E-state index contributed by atoms with van der Waals surface area (Å²) in [6.45, 7) is 2.23. The zero-order valence-electron chi connectivity index (χ0n) is 14.3. The first kappa shape index (κ1) is 18.1. The predicted molar refractivity (Wildman–Crippen MR) is 97.6 cm³/mol. The summed E-state index contributed by atoms with van der Waals surface area (Å²) in [5.41, 5.74) is 2.59. The molecule has 0 saturated heterocycles. The molecule has 0 aromatic heterocycles. The smallest absolute Gasteiger partial charge is 0.340 e. The molecule has 0 atom stereocenters. The van der Waals surface area contributed by atoms with E-state index in [1.54, 1.807) is 12.1 Å². The van der Waals surface area contributed by atoms with Crippen LogP contribution in [0.2, 0.25) is 0 Å². The van der Waals surface area contributed by atoms with Gasteiger partial charge in [0.25, 0.3) is 0 Å². The maximum atomic E-state index is 11.4. The van der Waals surface area contributed by atoms with Crippen molar-refractivity contribution in [2.75, 3.05) is 0 Å². The Hall–Kier alpha value is -2.29. The van der Waals surface area contributed by atoms with Crippen molar-refractivity contribution in [2.24, 2.45) is 0 Å². The number of carbonyl (C=O) groups is 1. The number of hydrogen-bond acceptors (Lipinski definition) is 2. The fraction of sp³-hybridized carbons (Fsp3) is 0.381. The Labute approximate surface area is 144 Å². The number of carboxylic acid groups (broad SMARTS) is 1. The molecule has 3 heteroatoms. The van der Waals surface area contributed by atoms with E-state index < -0.39 is 5.97 Å². The molecule has 0 unspecified atom stereocenters. The molecule has 0 radical (unpaired) electrons. The number of aromatic carboxylic acids is 1. The second-order valence-corrected chi connectivity index (χ2v) is 6.22. The van der Waals surface area contributed by atoms with E-state index in [9.17, 15) is 15.0 Å². The minimum absolute atomic E-state index is 0.0406. The van der Waals surface area contributed by atoms with Gasteiger partial charge in [0.15, 0.2) is 0 Å². The number of aryl methyl sites for hydroxylation is 1. The van der Waals surface area contributed by atoms with Gasteiger partial charge in [0.2, 0.25) is 0 Å². The average molecular weight is 326 g/mol. The van der Waals surface area contributed by atoms with Crippen molar-refractivity contribution in [1.29, 1.82) is 0 Å². The van der Waals surface area contributed by atoms with E-state index in [0.717, 1.165) is 12.0 Å². The zero-order valence-corrected chi connectivity index (χ0v) is 14.3. The number of aromatic hydroxyl groups is 1. The van der Waals surface area contributed by atoms with Crippen molar-refractivity contribution in [3.63, 3.8) is 0 Å². The van der Waals surface area contributed by atoms with Gasteiger partial charge in [-0.15, -0.1) is 0 Å². The normalized spacial score (nSPS) is 10.7. The topological polar surface area (TPSA) is 57.5 Å². The summed E-state index contributed by atoms with van der Waals surface area (Å²) in [6, 6.07) is 12.8. The Morgan fingerprint density at radius 2 is 1.58 bits per heavy atom. The van der Waals surface area contributed by atoms with Gasteiger partial charge in [0.05, 0.1) is 0 Å². The number of rotatable bonds is 9. The zero-order chi connectivity index (χ0) is 17.4. The second kappa shape index (κ2) is 9.11. The van der Waals surface area contributed by atoms with E-state index >= 15 is 0 Å². The fourth-order valence-corrected chi connectivity index (χ4v) is 2.97. The minimum Gasteiger partial charge on any atom is -0.507 e. The third-order valence-corrected chi connectivity index (χ3v) is 4.34. The Kier molecular flexibility index (Phi) is 6.86. The number of hydrogen-bond donors (Lipinski definition) is 2. The summed E-state index contributed by atoms with van der Waals surface area (Å²) in [6.07, 6.45) is 8.73. The lowest BCUT2D eigenvalue weighted by atomic mass is 9.97. The average Bonchev–Trinajstić information content (AvgIpc) is 2.58. The van der Waals surface area contributed by atoms with Crippen molar-refractivity contribution in [3.05, 3.63) is 53.6 Å². The predicted octanol–water partition coefficient (Wildman–Crippen LogP) is 5.66. The molecule has 2 aromatic carbocycles. The van der Waals surface area contributed by atoms with E-state index in [2.05, 4.69) is 19.1 Å². The van der Waals surface area contributed by atoms with Crippen LogP contribution in [0.1, 0.15) is 61.4 Å². The third-order valence-electron chi connectivity index (χ3n) is 4.34. The van der Waals surface area contributed by atoms with Crippen molar-refractivity contribution in [2.45, 2.75) is 51.9 Å². The minimum atomic E-state index is -1.11. The van der Waals surface area contributed by atoms with Crippen molar-refractivity contribution in [3.8, 4) is 16.9 Å². The van der Waals surface area contributed by atoms with Crippen LogP contribution in [0, 0.1) is 0 Å². The fourth-order valence-electron chi connectivity index (χ4n) is 2.97. The summed E-state index contributed by atoms with van der Waals surface area (Å²) in [4.78, 5) is 11.4. The molecule has 0 aliphatic rings. The molecule has 0 fully saturated rings. The van der Waals surface area contributed by atoms with Gasteiger partial charge in [0, 0.05) is 0 Å². The summed E-state index contributed by atoms with van der Waals surface area (Å²) in [5.74, 6) is -1.31. The van der Waals surface area contributed by atoms with Gasteiger partial charge in [-0.05, 0) is 35.6 Å². The van der Waals surface area contributed by atoms with Crippen molar-refractivity contribution >= 4 is 5.97 Å². The number of unbranched alkanes of at least 4 members (excludes halogenated alkanes) is 5. The van der Waals surface area contributed by atoms with E-state index in [-0.39, 0.29) is 11.3 Å². The van der Waals surface area contributed by atoms with Crippen LogP contribution in [0.15, 0.2) is 42.5 Å². The Balaban J connectivity index is 2.00. The van der Waals surface area contributed by atoms with E-state index in [0.29, 0.717) is 5.56 Å². The molecule has 0 bridgehead atoms. The Morgan fingerprint density at radius 1 is 0.917 bits per heavy atom. The van der Waals surface area contributed by atoms with Crippen LogP contribution >= 0.6 is 0 Å². The maximum Gasteiger partial charge on any atom is 0.340 e. The quantitative estimate of drug-likeness (QED) is 0.584. The number of benzene rings is 2. The second-order valence-electron chi connectivity index (χ2n) is 6.22. The highest BCUT2D eigenvalue weighted by atomic mass is 16.4. The summed E-state index contributed by atoms with van der Waals surface area (Å²) < 4.78 is 0. The van der Waals surface area contributed by atoms with Gasteiger partial charge >= 0.3 is 5.97 Å². The molecule has 0 amide bonds. The van der Waals surface area contributed by atoms with Crippen LogP contribution in [0.4, 0.5) is 0 Å². The largest absolute Gasteiger partial charge is 0.507 e. The van der Waals surface area contributed by atoms with Crippen LogP contribution < -0.4 is 0 Å². The molecule has 2 N–H and O–H groups in total. The van der Waals surface area contributed by atoms with Crippen molar-refractivity contribution < 1.29 is 15.0 Å². The highest BCUT2D eigenvalue weighted by molar-refractivity contribution is 5.98. The van der Waals surface area contributed by atoms with E-state index in [4.69, 9.17) is 0 Å². The Bertz CT molecular complexity index is 659. The van der Waals surface area contributed by atoms with Gasteiger partial charge in [0.1, 0.15) is 11.3 Å².